The first-order chi connectivity index (χ1) is 14.2. The fourth-order valence-corrected chi connectivity index (χ4v) is 3.82. The molecule has 29 heavy (non-hydrogen) atoms. The topological polar surface area (TPSA) is 44.3 Å². The average Bonchev–Trinajstić information content (AvgIpc) is 2.75. The zero-order valence-electron chi connectivity index (χ0n) is 17.3. The molecule has 1 saturated heterocycles. The molecular weight excluding hydrogens is 358 g/mol. The van der Waals surface area contributed by atoms with E-state index in [-0.39, 0.29) is 0 Å². The van der Waals surface area contributed by atoms with Gasteiger partial charge in [0.25, 0.3) is 0 Å². The first-order valence-corrected chi connectivity index (χ1v) is 10.4. The highest BCUT2D eigenvalue weighted by Gasteiger charge is 2.18. The van der Waals surface area contributed by atoms with Gasteiger partial charge >= 0.3 is 0 Å². The van der Waals surface area contributed by atoms with Crippen molar-refractivity contribution in [1.29, 1.82) is 0 Å². The second kappa shape index (κ2) is 9.05. The largest absolute Gasteiger partial charge is 0.354 e. The van der Waals surface area contributed by atoms with Gasteiger partial charge in [-0.1, -0.05) is 62.4 Å². The first kappa shape index (κ1) is 19.4. The Balaban J connectivity index is 1.40. The van der Waals surface area contributed by atoms with Crippen LogP contribution < -0.4 is 10.2 Å². The third-order valence-electron chi connectivity index (χ3n) is 5.44. The third-order valence-corrected chi connectivity index (χ3v) is 5.44. The van der Waals surface area contributed by atoms with Crippen molar-refractivity contribution in [2.24, 2.45) is 0 Å². The minimum atomic E-state index is 0.456. The van der Waals surface area contributed by atoms with Gasteiger partial charge in [-0.2, -0.15) is 0 Å². The van der Waals surface area contributed by atoms with Crippen LogP contribution in [0.4, 0.5) is 17.3 Å². The van der Waals surface area contributed by atoms with Crippen molar-refractivity contribution in [3.8, 4) is 0 Å². The zero-order chi connectivity index (χ0) is 20.1. The van der Waals surface area contributed by atoms with E-state index in [4.69, 9.17) is 0 Å². The molecule has 1 aliphatic heterocycles. The molecule has 2 heterocycles. The van der Waals surface area contributed by atoms with Gasteiger partial charge < -0.3 is 10.2 Å². The van der Waals surface area contributed by atoms with Gasteiger partial charge in [0.1, 0.15) is 18.0 Å². The zero-order valence-corrected chi connectivity index (χ0v) is 17.3. The summed E-state index contributed by atoms with van der Waals surface area (Å²) in [5.41, 5.74) is 3.78. The van der Waals surface area contributed by atoms with Crippen molar-refractivity contribution >= 4 is 17.3 Å². The molecule has 1 fully saturated rings. The summed E-state index contributed by atoms with van der Waals surface area (Å²) in [5, 5.41) is 3.49. The van der Waals surface area contributed by atoms with Crippen LogP contribution in [0, 0.1) is 0 Å². The van der Waals surface area contributed by atoms with E-state index in [9.17, 15) is 0 Å². The maximum absolute atomic E-state index is 4.53. The van der Waals surface area contributed by atoms with Gasteiger partial charge in [0.2, 0.25) is 0 Å². The second-order valence-electron chi connectivity index (χ2n) is 7.88. The van der Waals surface area contributed by atoms with Crippen LogP contribution in [-0.2, 0) is 6.54 Å². The predicted octanol–water partition coefficient (Wildman–Crippen LogP) is 4.67. The van der Waals surface area contributed by atoms with Gasteiger partial charge in [-0.3, -0.25) is 4.90 Å². The van der Waals surface area contributed by atoms with E-state index >= 15 is 0 Å². The Morgan fingerprint density at radius 2 is 1.62 bits per heavy atom. The number of para-hydroxylation sites is 1. The first-order valence-electron chi connectivity index (χ1n) is 10.4. The summed E-state index contributed by atoms with van der Waals surface area (Å²) in [7, 11) is 0. The quantitative estimate of drug-likeness (QED) is 0.666. The van der Waals surface area contributed by atoms with Crippen molar-refractivity contribution in [3.05, 3.63) is 78.1 Å². The summed E-state index contributed by atoms with van der Waals surface area (Å²) in [4.78, 5) is 13.8. The normalized spacial score (nSPS) is 14.9. The fourth-order valence-electron chi connectivity index (χ4n) is 3.82. The van der Waals surface area contributed by atoms with Crippen LogP contribution >= 0.6 is 0 Å². The summed E-state index contributed by atoms with van der Waals surface area (Å²) in [5.74, 6) is 2.29. The summed E-state index contributed by atoms with van der Waals surface area (Å²) in [6.45, 7) is 9.46. The van der Waals surface area contributed by atoms with Crippen molar-refractivity contribution < 1.29 is 0 Å². The molecule has 0 unspecified atom stereocenters. The smallest absolute Gasteiger partial charge is 0.135 e. The van der Waals surface area contributed by atoms with Crippen LogP contribution in [0.15, 0.2) is 67.0 Å². The van der Waals surface area contributed by atoms with Crippen LogP contribution in [-0.4, -0.2) is 41.0 Å². The molecule has 0 bridgehead atoms. The van der Waals surface area contributed by atoms with E-state index in [1.165, 1.54) is 11.1 Å². The standard InChI is InChI=1S/C24H29N5/c1-19(2)21-10-6-7-11-22(21)27-23-16-24(26-18-25-23)29-14-12-28(13-15-29)17-20-8-4-3-5-9-20/h3-11,16,18-19H,12-15,17H2,1-2H3,(H,25,26,27). The molecule has 5 nitrogen and oxygen atoms in total. The van der Waals surface area contributed by atoms with E-state index in [0.717, 1.165) is 50.0 Å². The lowest BCUT2D eigenvalue weighted by molar-refractivity contribution is 0.249. The summed E-state index contributed by atoms with van der Waals surface area (Å²) in [6, 6.07) is 21.2. The molecule has 0 atom stereocenters. The highest BCUT2D eigenvalue weighted by atomic mass is 15.3. The molecular formula is C24H29N5. The lowest BCUT2D eigenvalue weighted by Crippen LogP contribution is -2.46. The maximum atomic E-state index is 4.53. The Labute approximate surface area is 173 Å². The number of nitrogens with zero attached hydrogens (tertiary/aromatic N) is 4. The number of nitrogens with one attached hydrogen (secondary N) is 1. The monoisotopic (exact) mass is 387 g/mol. The number of rotatable bonds is 6. The Hall–Kier alpha value is -2.92. The fraction of sp³-hybridized carbons (Fsp3) is 0.333. The second-order valence-corrected chi connectivity index (χ2v) is 7.88. The highest BCUT2D eigenvalue weighted by molar-refractivity contribution is 5.63. The van der Waals surface area contributed by atoms with Gasteiger partial charge in [0, 0.05) is 44.5 Å². The van der Waals surface area contributed by atoms with E-state index in [1.807, 2.05) is 0 Å². The van der Waals surface area contributed by atoms with Crippen LogP contribution in [0.3, 0.4) is 0 Å². The summed E-state index contributed by atoms with van der Waals surface area (Å²) in [6.07, 6.45) is 1.66. The molecule has 1 aliphatic rings. The number of benzene rings is 2. The number of hydrogen-bond acceptors (Lipinski definition) is 5. The molecule has 1 N–H and O–H groups in total. The number of anilines is 3. The van der Waals surface area contributed by atoms with E-state index < -0.39 is 0 Å². The maximum Gasteiger partial charge on any atom is 0.135 e. The summed E-state index contributed by atoms with van der Waals surface area (Å²) >= 11 is 0. The lowest BCUT2D eigenvalue weighted by atomic mass is 10.0. The molecule has 0 saturated carbocycles. The Bertz CT molecular complexity index is 917. The number of piperazine rings is 1. The summed E-state index contributed by atoms with van der Waals surface area (Å²) < 4.78 is 0. The minimum absolute atomic E-state index is 0.456. The SMILES string of the molecule is CC(C)c1ccccc1Nc1cc(N2CCN(Cc3ccccc3)CC2)ncn1. The number of aromatic nitrogens is 2. The van der Waals surface area contributed by atoms with Gasteiger partial charge in [-0.05, 0) is 23.1 Å². The third kappa shape index (κ3) is 4.93. The minimum Gasteiger partial charge on any atom is -0.354 e. The molecule has 3 aromatic rings. The van der Waals surface area contributed by atoms with Gasteiger partial charge in [0.15, 0.2) is 0 Å². The van der Waals surface area contributed by atoms with Crippen molar-refractivity contribution in [2.75, 3.05) is 36.4 Å². The van der Waals surface area contributed by atoms with E-state index in [1.54, 1.807) is 6.33 Å². The van der Waals surface area contributed by atoms with E-state index in [0.29, 0.717) is 5.92 Å². The Morgan fingerprint density at radius 1 is 0.897 bits per heavy atom. The molecule has 1 aromatic heterocycles. The average molecular weight is 388 g/mol. The molecule has 4 rings (SSSR count). The number of hydrogen-bond donors (Lipinski definition) is 1. The molecule has 150 valence electrons. The van der Waals surface area contributed by atoms with E-state index in [2.05, 4.69) is 99.6 Å². The van der Waals surface area contributed by atoms with Crippen molar-refractivity contribution in [2.45, 2.75) is 26.3 Å². The molecule has 2 aromatic carbocycles. The van der Waals surface area contributed by atoms with Gasteiger partial charge in [0.05, 0.1) is 0 Å². The molecule has 5 heteroatoms. The molecule has 0 aliphatic carbocycles. The Morgan fingerprint density at radius 3 is 2.38 bits per heavy atom. The van der Waals surface area contributed by atoms with Crippen LogP contribution in [0.25, 0.3) is 0 Å². The van der Waals surface area contributed by atoms with Gasteiger partial charge in [-0.15, -0.1) is 0 Å². The molecule has 0 radical (unpaired) electrons. The van der Waals surface area contributed by atoms with Crippen LogP contribution in [0.1, 0.15) is 30.9 Å². The van der Waals surface area contributed by atoms with Crippen molar-refractivity contribution in [3.63, 3.8) is 0 Å². The lowest BCUT2D eigenvalue weighted by Gasteiger charge is -2.35. The van der Waals surface area contributed by atoms with Crippen LogP contribution in [0.2, 0.25) is 0 Å². The van der Waals surface area contributed by atoms with Gasteiger partial charge in [-0.25, -0.2) is 9.97 Å². The van der Waals surface area contributed by atoms with Crippen LogP contribution in [0.5, 0.6) is 0 Å². The highest BCUT2D eigenvalue weighted by Crippen LogP contribution is 2.27. The molecule has 0 amide bonds. The Kier molecular flexibility index (Phi) is 6.06. The molecule has 0 spiro atoms. The predicted molar refractivity (Wildman–Crippen MR) is 120 cm³/mol. The van der Waals surface area contributed by atoms with Crippen molar-refractivity contribution in [1.82, 2.24) is 14.9 Å².